The molecule has 1 amide bonds. The summed E-state index contributed by atoms with van der Waals surface area (Å²) in [6.07, 6.45) is 1.87. The highest BCUT2D eigenvalue weighted by Crippen LogP contribution is 2.29. The number of carbonyl (C=O) groups excluding carboxylic acids is 1. The first kappa shape index (κ1) is 16.6. The molecule has 1 rings (SSSR count). The first-order valence-electron chi connectivity index (χ1n) is 6.96. The van der Waals surface area contributed by atoms with Crippen molar-refractivity contribution in [2.75, 3.05) is 11.5 Å². The van der Waals surface area contributed by atoms with Crippen LogP contribution in [-0.4, -0.2) is 34.8 Å². The Bertz CT molecular complexity index is 307. The molecule has 1 unspecified atom stereocenters. The SMILES string of the molecule is CC(C)(C)OC(=O)NC(C)(C)C(N)C1CCSCC1. The molecule has 0 aromatic carbocycles. The Morgan fingerprint density at radius 2 is 1.79 bits per heavy atom. The van der Waals surface area contributed by atoms with Crippen molar-refractivity contribution in [1.82, 2.24) is 5.32 Å². The summed E-state index contributed by atoms with van der Waals surface area (Å²) in [4.78, 5) is 11.9. The average Bonchev–Trinajstić information content (AvgIpc) is 2.25. The number of amides is 1. The lowest BCUT2D eigenvalue weighted by Crippen LogP contribution is -2.59. The fraction of sp³-hybridized carbons (Fsp3) is 0.929. The van der Waals surface area contributed by atoms with Gasteiger partial charge in [0.1, 0.15) is 5.60 Å². The van der Waals surface area contributed by atoms with E-state index in [-0.39, 0.29) is 6.04 Å². The van der Waals surface area contributed by atoms with Gasteiger partial charge in [-0.25, -0.2) is 4.79 Å². The second-order valence-corrected chi connectivity index (χ2v) is 8.05. The zero-order valence-electron chi connectivity index (χ0n) is 12.8. The van der Waals surface area contributed by atoms with Crippen LogP contribution < -0.4 is 11.1 Å². The Morgan fingerprint density at radius 3 is 2.26 bits per heavy atom. The minimum Gasteiger partial charge on any atom is -0.444 e. The predicted octanol–water partition coefficient (Wildman–Crippen LogP) is 2.76. The van der Waals surface area contributed by atoms with Gasteiger partial charge < -0.3 is 15.8 Å². The van der Waals surface area contributed by atoms with Gasteiger partial charge in [0.25, 0.3) is 0 Å². The number of nitrogens with two attached hydrogens (primary N) is 1. The fourth-order valence-corrected chi connectivity index (χ4v) is 3.46. The molecule has 5 heteroatoms. The molecule has 112 valence electrons. The Hall–Kier alpha value is -0.420. The van der Waals surface area contributed by atoms with E-state index in [9.17, 15) is 4.79 Å². The van der Waals surface area contributed by atoms with Crippen LogP contribution in [0.25, 0.3) is 0 Å². The lowest BCUT2D eigenvalue weighted by molar-refractivity contribution is 0.0443. The predicted molar refractivity (Wildman–Crippen MR) is 81.5 cm³/mol. The van der Waals surface area contributed by atoms with Gasteiger partial charge in [-0.3, -0.25) is 0 Å². The normalized spacial score (nSPS) is 19.9. The highest BCUT2D eigenvalue weighted by Gasteiger charge is 2.35. The summed E-state index contributed by atoms with van der Waals surface area (Å²) >= 11 is 1.98. The van der Waals surface area contributed by atoms with Crippen molar-refractivity contribution >= 4 is 17.9 Å². The second kappa shape index (κ2) is 6.35. The van der Waals surface area contributed by atoms with Gasteiger partial charge in [0, 0.05) is 6.04 Å². The van der Waals surface area contributed by atoms with Crippen LogP contribution in [0, 0.1) is 5.92 Å². The van der Waals surface area contributed by atoms with Crippen molar-refractivity contribution < 1.29 is 9.53 Å². The van der Waals surface area contributed by atoms with Gasteiger partial charge in [-0.2, -0.15) is 11.8 Å². The molecule has 0 spiro atoms. The Balaban J connectivity index is 2.56. The van der Waals surface area contributed by atoms with Crippen LogP contribution in [0.15, 0.2) is 0 Å². The topological polar surface area (TPSA) is 64.3 Å². The highest BCUT2D eigenvalue weighted by atomic mass is 32.2. The first-order chi connectivity index (χ1) is 8.62. The number of nitrogens with one attached hydrogen (secondary N) is 1. The summed E-state index contributed by atoms with van der Waals surface area (Å²) in [7, 11) is 0. The van der Waals surface area contributed by atoms with Gasteiger partial charge in [0.15, 0.2) is 0 Å². The van der Waals surface area contributed by atoms with E-state index in [2.05, 4.69) is 5.32 Å². The molecule has 0 saturated carbocycles. The third-order valence-electron chi connectivity index (χ3n) is 3.43. The summed E-state index contributed by atoms with van der Waals surface area (Å²) in [5.41, 5.74) is 5.43. The van der Waals surface area contributed by atoms with Gasteiger partial charge in [0.05, 0.1) is 5.54 Å². The number of carbonyl (C=O) groups is 1. The number of rotatable bonds is 3. The van der Waals surface area contributed by atoms with Crippen LogP contribution in [-0.2, 0) is 4.74 Å². The maximum absolute atomic E-state index is 11.9. The third kappa shape index (κ3) is 5.61. The van der Waals surface area contributed by atoms with Crippen LogP contribution in [0.5, 0.6) is 0 Å². The van der Waals surface area contributed by atoms with E-state index < -0.39 is 17.2 Å². The molecular formula is C14H28N2O2S. The van der Waals surface area contributed by atoms with E-state index in [0.717, 1.165) is 12.8 Å². The van der Waals surface area contributed by atoms with E-state index in [1.165, 1.54) is 11.5 Å². The maximum Gasteiger partial charge on any atom is 0.408 e. The van der Waals surface area contributed by atoms with Crippen LogP contribution in [0.1, 0.15) is 47.5 Å². The summed E-state index contributed by atoms with van der Waals surface area (Å²) in [6.45, 7) is 9.53. The van der Waals surface area contributed by atoms with Crippen LogP contribution >= 0.6 is 11.8 Å². The molecule has 1 fully saturated rings. The number of ether oxygens (including phenoxy) is 1. The highest BCUT2D eigenvalue weighted by molar-refractivity contribution is 7.99. The number of thioether (sulfide) groups is 1. The Labute approximate surface area is 121 Å². The Morgan fingerprint density at radius 1 is 1.26 bits per heavy atom. The number of hydrogen-bond donors (Lipinski definition) is 2. The van der Waals surface area contributed by atoms with Gasteiger partial charge in [0.2, 0.25) is 0 Å². The van der Waals surface area contributed by atoms with E-state index in [1.54, 1.807) is 0 Å². The fourth-order valence-electron chi connectivity index (χ4n) is 2.31. The van der Waals surface area contributed by atoms with Crippen molar-refractivity contribution in [1.29, 1.82) is 0 Å². The molecule has 0 aliphatic carbocycles. The molecule has 4 nitrogen and oxygen atoms in total. The van der Waals surface area contributed by atoms with Crippen molar-refractivity contribution in [3.63, 3.8) is 0 Å². The molecule has 0 aromatic rings. The van der Waals surface area contributed by atoms with Gasteiger partial charge in [-0.05, 0) is 64.9 Å². The van der Waals surface area contributed by atoms with Crippen molar-refractivity contribution in [2.24, 2.45) is 11.7 Å². The summed E-state index contributed by atoms with van der Waals surface area (Å²) in [5.74, 6) is 2.81. The quantitative estimate of drug-likeness (QED) is 0.838. The molecule has 0 aromatic heterocycles. The van der Waals surface area contributed by atoms with Crippen molar-refractivity contribution in [3.05, 3.63) is 0 Å². The second-order valence-electron chi connectivity index (χ2n) is 6.82. The zero-order valence-corrected chi connectivity index (χ0v) is 13.6. The lowest BCUT2D eigenvalue weighted by Gasteiger charge is -2.39. The molecule has 19 heavy (non-hydrogen) atoms. The number of alkyl carbamates (subject to hydrolysis) is 1. The first-order valence-corrected chi connectivity index (χ1v) is 8.12. The molecule has 1 heterocycles. The largest absolute Gasteiger partial charge is 0.444 e. The smallest absolute Gasteiger partial charge is 0.408 e. The van der Waals surface area contributed by atoms with E-state index in [1.807, 2.05) is 46.4 Å². The average molecular weight is 288 g/mol. The standard InChI is InChI=1S/C14H28N2O2S/c1-13(2,3)18-12(17)16-14(4,5)11(15)10-6-8-19-9-7-10/h10-11H,6-9,15H2,1-5H3,(H,16,17). The summed E-state index contributed by atoms with van der Waals surface area (Å²) < 4.78 is 5.30. The Kier molecular flexibility index (Phi) is 5.56. The molecule has 1 saturated heterocycles. The van der Waals surface area contributed by atoms with E-state index in [0.29, 0.717) is 5.92 Å². The minimum atomic E-state index is -0.480. The van der Waals surface area contributed by atoms with E-state index in [4.69, 9.17) is 10.5 Å². The molecule has 0 bridgehead atoms. The zero-order chi connectivity index (χ0) is 14.7. The van der Waals surface area contributed by atoms with Crippen LogP contribution in [0.4, 0.5) is 4.79 Å². The third-order valence-corrected chi connectivity index (χ3v) is 4.48. The van der Waals surface area contributed by atoms with Crippen LogP contribution in [0.3, 0.4) is 0 Å². The van der Waals surface area contributed by atoms with Gasteiger partial charge >= 0.3 is 6.09 Å². The minimum absolute atomic E-state index is 0.0408. The molecule has 1 aliphatic heterocycles. The molecule has 0 radical (unpaired) electrons. The van der Waals surface area contributed by atoms with Gasteiger partial charge in [-0.15, -0.1) is 0 Å². The molecule has 1 atom stereocenters. The molecular weight excluding hydrogens is 260 g/mol. The van der Waals surface area contributed by atoms with Crippen LogP contribution in [0.2, 0.25) is 0 Å². The molecule has 1 aliphatic rings. The summed E-state index contributed by atoms with van der Waals surface area (Å²) in [6, 6.07) is -0.0408. The van der Waals surface area contributed by atoms with Gasteiger partial charge in [-0.1, -0.05) is 0 Å². The lowest BCUT2D eigenvalue weighted by atomic mass is 9.82. The van der Waals surface area contributed by atoms with E-state index >= 15 is 0 Å². The maximum atomic E-state index is 11.9. The van der Waals surface area contributed by atoms with Crippen molar-refractivity contribution in [3.8, 4) is 0 Å². The number of hydrogen-bond acceptors (Lipinski definition) is 4. The summed E-state index contributed by atoms with van der Waals surface area (Å²) in [5, 5.41) is 2.92. The van der Waals surface area contributed by atoms with Crippen molar-refractivity contribution in [2.45, 2.75) is 64.6 Å². The molecule has 3 N–H and O–H groups in total. The monoisotopic (exact) mass is 288 g/mol.